The molecule has 1 aliphatic heterocycles. The second-order valence-corrected chi connectivity index (χ2v) is 9.24. The van der Waals surface area contributed by atoms with Gasteiger partial charge < -0.3 is 14.8 Å². The van der Waals surface area contributed by atoms with Crippen LogP contribution in [-0.2, 0) is 12.7 Å². The summed E-state index contributed by atoms with van der Waals surface area (Å²) in [5, 5.41) is 14.6. The summed E-state index contributed by atoms with van der Waals surface area (Å²) in [4.78, 5) is 21.0. The maximum atomic E-state index is 13.1. The van der Waals surface area contributed by atoms with Crippen LogP contribution in [0.1, 0.15) is 57.8 Å². The molecule has 0 aliphatic carbocycles. The van der Waals surface area contributed by atoms with Gasteiger partial charge in [0.2, 0.25) is 0 Å². The molecule has 0 unspecified atom stereocenters. The second kappa shape index (κ2) is 9.55. The first-order valence-electron chi connectivity index (χ1n) is 11.9. The normalized spacial score (nSPS) is 18.8. The van der Waals surface area contributed by atoms with Crippen LogP contribution >= 0.6 is 0 Å². The molecule has 1 fully saturated rings. The van der Waals surface area contributed by atoms with Crippen LogP contribution in [0.4, 0.5) is 13.2 Å². The molecule has 37 heavy (non-hydrogen) atoms. The van der Waals surface area contributed by atoms with Crippen LogP contribution in [0.3, 0.4) is 0 Å². The predicted molar refractivity (Wildman–Crippen MR) is 129 cm³/mol. The lowest BCUT2D eigenvalue weighted by molar-refractivity contribution is -0.145. The number of carbonyl (C=O) groups is 1. The summed E-state index contributed by atoms with van der Waals surface area (Å²) in [6, 6.07) is 9.95. The molecule has 2 N–H and O–H groups in total. The van der Waals surface area contributed by atoms with E-state index in [1.807, 2.05) is 25.3 Å². The van der Waals surface area contributed by atoms with Crippen molar-refractivity contribution in [2.75, 3.05) is 13.7 Å². The van der Waals surface area contributed by atoms with E-state index in [1.165, 1.54) is 4.68 Å². The summed E-state index contributed by atoms with van der Waals surface area (Å²) in [7, 11) is 1.61. The number of carboxylic acid groups (broad SMARTS) is 1. The Morgan fingerprint density at radius 3 is 2.76 bits per heavy atom. The van der Waals surface area contributed by atoms with Gasteiger partial charge >= 0.3 is 12.1 Å². The number of nitrogens with one attached hydrogen (secondary N) is 1. The summed E-state index contributed by atoms with van der Waals surface area (Å²) >= 11 is 0. The van der Waals surface area contributed by atoms with Gasteiger partial charge in [0.15, 0.2) is 0 Å². The zero-order valence-corrected chi connectivity index (χ0v) is 20.3. The number of piperidine rings is 1. The monoisotopic (exact) mass is 513 g/mol. The predicted octanol–water partition coefficient (Wildman–Crippen LogP) is 5.37. The largest absolute Gasteiger partial charge is 0.496 e. The van der Waals surface area contributed by atoms with Gasteiger partial charge in [0.25, 0.3) is 5.82 Å². The van der Waals surface area contributed by atoms with Crippen LogP contribution < -0.4 is 4.74 Å². The highest BCUT2D eigenvalue weighted by Crippen LogP contribution is 2.41. The van der Waals surface area contributed by atoms with Crippen LogP contribution in [0.15, 0.2) is 48.9 Å². The number of fused-ring (bicyclic) bond motifs is 1. The number of H-pyrrole nitrogens is 1. The van der Waals surface area contributed by atoms with E-state index in [1.54, 1.807) is 31.4 Å². The van der Waals surface area contributed by atoms with Crippen molar-refractivity contribution in [3.8, 4) is 5.75 Å². The number of hydrogen-bond donors (Lipinski definition) is 2. The summed E-state index contributed by atoms with van der Waals surface area (Å²) in [5.74, 6) is -1.52. The van der Waals surface area contributed by atoms with Gasteiger partial charge in [-0.05, 0) is 49.1 Å². The second-order valence-electron chi connectivity index (χ2n) is 9.24. The average molecular weight is 514 g/mol. The summed E-state index contributed by atoms with van der Waals surface area (Å²) in [5.41, 5.74) is 3.76. The third-order valence-corrected chi connectivity index (χ3v) is 7.06. The van der Waals surface area contributed by atoms with Crippen LogP contribution in [0.25, 0.3) is 10.9 Å². The fraction of sp³-hybridized carbons (Fsp3) is 0.346. The zero-order valence-electron chi connectivity index (χ0n) is 20.3. The first-order chi connectivity index (χ1) is 17.7. The highest BCUT2D eigenvalue weighted by Gasteiger charge is 2.38. The van der Waals surface area contributed by atoms with Crippen molar-refractivity contribution < 1.29 is 27.8 Å². The van der Waals surface area contributed by atoms with E-state index in [0.29, 0.717) is 31.5 Å². The summed E-state index contributed by atoms with van der Waals surface area (Å²) in [6.07, 6.45) is -0.764. The number of carboxylic acids is 1. The minimum atomic E-state index is -4.63. The maximum absolute atomic E-state index is 13.1. The molecule has 3 heterocycles. The van der Waals surface area contributed by atoms with Crippen molar-refractivity contribution in [3.05, 3.63) is 77.0 Å². The molecule has 5 rings (SSSR count). The number of nitrogens with zero attached hydrogens (tertiary/aromatic N) is 4. The molecule has 0 radical (unpaired) electrons. The summed E-state index contributed by atoms with van der Waals surface area (Å²) in [6.45, 7) is 2.97. The Hall–Kier alpha value is -3.86. The number of likely N-dealkylation sites (tertiary alicyclic amines) is 1. The Morgan fingerprint density at radius 2 is 2.05 bits per heavy atom. The number of aromatic nitrogens is 4. The minimum absolute atomic E-state index is 0.162. The smallest absolute Gasteiger partial charge is 0.453 e. The lowest BCUT2D eigenvalue weighted by Crippen LogP contribution is -2.38. The number of alkyl halides is 3. The Kier molecular flexibility index (Phi) is 6.40. The number of aryl methyl sites for hydroxylation is 1. The van der Waals surface area contributed by atoms with Gasteiger partial charge in [0, 0.05) is 41.8 Å². The third-order valence-electron chi connectivity index (χ3n) is 7.06. The van der Waals surface area contributed by atoms with Crippen LogP contribution in [0, 0.1) is 6.92 Å². The number of hydrogen-bond acceptors (Lipinski definition) is 5. The van der Waals surface area contributed by atoms with Crippen molar-refractivity contribution >= 4 is 16.9 Å². The molecular weight excluding hydrogens is 487 g/mol. The topological polar surface area (TPSA) is 96.3 Å². The molecule has 0 saturated carbocycles. The highest BCUT2D eigenvalue weighted by molar-refractivity contribution is 5.90. The SMILES string of the molecule is COc1cc(C)c2[nH]ccc2c1CN1CC[C@@H](n2cnc(C(F)(F)F)n2)C[C@H]1c1ccccc1C(=O)O. The van der Waals surface area contributed by atoms with E-state index in [0.717, 1.165) is 34.1 Å². The zero-order chi connectivity index (χ0) is 26.3. The van der Waals surface area contributed by atoms with Crippen molar-refractivity contribution in [3.63, 3.8) is 0 Å². The number of methoxy groups -OCH3 is 1. The van der Waals surface area contributed by atoms with Crippen LogP contribution in [0.5, 0.6) is 5.75 Å². The molecule has 2 aromatic heterocycles. The Balaban J connectivity index is 1.54. The van der Waals surface area contributed by atoms with Crippen molar-refractivity contribution in [1.82, 2.24) is 24.6 Å². The lowest BCUT2D eigenvalue weighted by Gasteiger charge is -2.40. The molecule has 2 atom stereocenters. The van der Waals surface area contributed by atoms with Gasteiger partial charge in [-0.1, -0.05) is 18.2 Å². The Labute approximate surface area is 210 Å². The molecular formula is C26H26F3N5O3. The maximum Gasteiger partial charge on any atom is 0.453 e. The first kappa shape index (κ1) is 24.8. The highest BCUT2D eigenvalue weighted by atomic mass is 19.4. The van der Waals surface area contributed by atoms with Crippen molar-refractivity contribution in [2.24, 2.45) is 0 Å². The Bertz CT molecular complexity index is 1450. The third kappa shape index (κ3) is 4.66. The number of aromatic carboxylic acids is 1. The van der Waals surface area contributed by atoms with E-state index in [-0.39, 0.29) is 17.6 Å². The Morgan fingerprint density at radius 1 is 1.27 bits per heavy atom. The molecule has 0 spiro atoms. The molecule has 8 nitrogen and oxygen atoms in total. The molecule has 0 amide bonds. The fourth-order valence-electron chi connectivity index (χ4n) is 5.30. The van der Waals surface area contributed by atoms with E-state index in [9.17, 15) is 23.1 Å². The standard InChI is InChI=1S/C26H26F3N5O3/c1-15-11-22(37-2)20(18-7-9-30-23(15)18)13-33-10-8-16(34-14-31-25(32-34)26(27,28)29)12-21(33)17-5-3-4-6-19(17)24(35)36/h3-7,9,11,14,16,21,30H,8,10,12-13H2,1-2H3,(H,35,36)/t16-,21+/m1/s1. The van der Waals surface area contributed by atoms with Gasteiger partial charge in [-0.15, -0.1) is 5.10 Å². The molecule has 0 bridgehead atoms. The summed E-state index contributed by atoms with van der Waals surface area (Å²) < 4.78 is 46.4. The van der Waals surface area contributed by atoms with Gasteiger partial charge in [-0.3, -0.25) is 4.90 Å². The first-order valence-corrected chi connectivity index (χ1v) is 11.9. The quantitative estimate of drug-likeness (QED) is 0.360. The van der Waals surface area contributed by atoms with Crippen LogP contribution in [-0.4, -0.2) is 49.4 Å². The minimum Gasteiger partial charge on any atom is -0.496 e. The average Bonchev–Trinajstić information content (AvgIpc) is 3.56. The van der Waals surface area contributed by atoms with E-state index >= 15 is 0 Å². The van der Waals surface area contributed by atoms with E-state index < -0.39 is 18.0 Å². The van der Waals surface area contributed by atoms with Gasteiger partial charge in [-0.25, -0.2) is 14.5 Å². The van der Waals surface area contributed by atoms with Gasteiger partial charge in [0.1, 0.15) is 12.1 Å². The lowest BCUT2D eigenvalue weighted by atomic mass is 9.88. The van der Waals surface area contributed by atoms with E-state index in [2.05, 4.69) is 20.0 Å². The van der Waals surface area contributed by atoms with Gasteiger partial charge in [0.05, 0.1) is 18.7 Å². The molecule has 1 aliphatic rings. The molecule has 11 heteroatoms. The van der Waals surface area contributed by atoms with E-state index in [4.69, 9.17) is 4.74 Å². The van der Waals surface area contributed by atoms with Crippen LogP contribution in [0.2, 0.25) is 0 Å². The molecule has 1 saturated heterocycles. The number of aromatic amines is 1. The van der Waals surface area contributed by atoms with Crippen molar-refractivity contribution in [1.29, 1.82) is 0 Å². The van der Waals surface area contributed by atoms with Crippen molar-refractivity contribution in [2.45, 2.75) is 44.6 Å². The molecule has 194 valence electrons. The number of benzene rings is 2. The molecule has 4 aromatic rings. The number of ether oxygens (including phenoxy) is 1. The molecule has 2 aromatic carbocycles. The van der Waals surface area contributed by atoms with Gasteiger partial charge in [-0.2, -0.15) is 13.2 Å². The number of rotatable bonds is 6. The fourth-order valence-corrected chi connectivity index (χ4v) is 5.30. The number of halogens is 3.